The molecule has 10 heteroatoms. The Labute approximate surface area is 202 Å². The summed E-state index contributed by atoms with van der Waals surface area (Å²) in [6.45, 7) is 1.90. The zero-order chi connectivity index (χ0) is 24.4. The van der Waals surface area contributed by atoms with Crippen molar-refractivity contribution in [3.05, 3.63) is 47.4 Å². The maximum Gasteiger partial charge on any atom is 0.255 e. The first-order valence-electron chi connectivity index (χ1n) is 11.6. The number of aromatic nitrogens is 2. The Morgan fingerprint density at radius 1 is 1.14 bits per heavy atom. The van der Waals surface area contributed by atoms with Crippen molar-refractivity contribution in [2.75, 3.05) is 24.6 Å². The number of imide groups is 1. The molecule has 3 amide bonds. The number of piperidine rings is 2. The number of ether oxygens (including phenoxy) is 1. The number of aliphatic hydroxyl groups excluding tert-OH is 1. The molecule has 0 radical (unpaired) electrons. The summed E-state index contributed by atoms with van der Waals surface area (Å²) in [5.41, 5.74) is 1.30. The monoisotopic (exact) mass is 475 g/mol. The Bertz CT molecular complexity index is 1230. The molecule has 0 bridgehead atoms. The molecule has 1 aromatic carbocycles. The average molecular weight is 476 g/mol. The van der Waals surface area contributed by atoms with Crippen LogP contribution in [0.3, 0.4) is 0 Å². The number of fused-ring (bicyclic) bond motifs is 1. The topological polar surface area (TPSA) is 125 Å². The maximum atomic E-state index is 12.8. The Balaban J connectivity index is 1.19. The van der Waals surface area contributed by atoms with Crippen molar-refractivity contribution in [2.24, 2.45) is 0 Å². The highest BCUT2D eigenvalue weighted by Crippen LogP contribution is 2.30. The smallest absolute Gasteiger partial charge is 0.255 e. The predicted molar refractivity (Wildman–Crippen MR) is 124 cm³/mol. The largest absolute Gasteiger partial charge is 0.481 e. The van der Waals surface area contributed by atoms with Gasteiger partial charge in [-0.15, -0.1) is 0 Å². The van der Waals surface area contributed by atoms with E-state index in [1.807, 2.05) is 6.07 Å². The molecule has 2 N–H and O–H groups in total. The number of nitrogens with zero attached hydrogens (tertiary/aromatic N) is 4. The van der Waals surface area contributed by atoms with Gasteiger partial charge in [-0.2, -0.15) is 0 Å². The van der Waals surface area contributed by atoms with E-state index in [0.717, 1.165) is 37.3 Å². The number of aliphatic hydroxyl groups is 1. The first kappa shape index (κ1) is 22.8. The van der Waals surface area contributed by atoms with Crippen LogP contribution in [-0.2, 0) is 16.1 Å². The van der Waals surface area contributed by atoms with Gasteiger partial charge in [-0.3, -0.25) is 19.7 Å². The molecular weight excluding hydrogens is 450 g/mol. The zero-order valence-corrected chi connectivity index (χ0v) is 19.1. The van der Waals surface area contributed by atoms with Crippen LogP contribution in [0.4, 0.5) is 5.82 Å². The molecule has 1 atom stereocenters. The molecule has 0 saturated carbocycles. The molecule has 3 aliphatic rings. The molecule has 10 nitrogen and oxygen atoms in total. The Morgan fingerprint density at radius 2 is 1.97 bits per heavy atom. The third-order valence-corrected chi connectivity index (χ3v) is 6.44. The lowest BCUT2D eigenvalue weighted by Crippen LogP contribution is -2.52. The van der Waals surface area contributed by atoms with Gasteiger partial charge >= 0.3 is 0 Å². The standard InChI is InChI=1S/C25H25N5O5/c31-17-8-11-29(12-9-17)22-7-10-26-21(27-22)2-1-13-35-18-3-4-19-16(14-18)15-30(25(19)34)20-5-6-23(32)28-24(20)33/h3-4,7,10,14,17,20,31H,5-6,8-9,11-13,15H2,(H,28,32,33). The van der Waals surface area contributed by atoms with E-state index in [9.17, 15) is 19.5 Å². The summed E-state index contributed by atoms with van der Waals surface area (Å²) >= 11 is 0. The normalized spacial score (nSPS) is 20.3. The van der Waals surface area contributed by atoms with Crippen molar-refractivity contribution in [1.29, 1.82) is 0 Å². The highest BCUT2D eigenvalue weighted by molar-refractivity contribution is 6.05. The van der Waals surface area contributed by atoms with Crippen molar-refractivity contribution >= 4 is 23.5 Å². The van der Waals surface area contributed by atoms with E-state index >= 15 is 0 Å². The number of benzene rings is 1. The molecule has 4 heterocycles. The highest BCUT2D eigenvalue weighted by Gasteiger charge is 2.39. The van der Waals surface area contributed by atoms with Crippen LogP contribution in [0.15, 0.2) is 30.5 Å². The Kier molecular flexibility index (Phi) is 6.33. The average Bonchev–Trinajstić information content (AvgIpc) is 3.18. The van der Waals surface area contributed by atoms with Gasteiger partial charge in [-0.25, -0.2) is 9.97 Å². The predicted octanol–water partition coefficient (Wildman–Crippen LogP) is 0.629. The molecule has 35 heavy (non-hydrogen) atoms. The number of rotatable bonds is 4. The van der Waals surface area contributed by atoms with Crippen molar-refractivity contribution < 1.29 is 24.2 Å². The van der Waals surface area contributed by atoms with Crippen molar-refractivity contribution in [1.82, 2.24) is 20.2 Å². The summed E-state index contributed by atoms with van der Waals surface area (Å²) in [4.78, 5) is 48.7. The van der Waals surface area contributed by atoms with Gasteiger partial charge in [0, 0.05) is 37.8 Å². The van der Waals surface area contributed by atoms with Crippen LogP contribution < -0.4 is 15.0 Å². The first-order chi connectivity index (χ1) is 17.0. The third-order valence-electron chi connectivity index (χ3n) is 6.44. The Hall–Kier alpha value is -3.97. The lowest BCUT2D eigenvalue weighted by atomic mass is 10.0. The van der Waals surface area contributed by atoms with Crippen molar-refractivity contribution in [3.63, 3.8) is 0 Å². The summed E-state index contributed by atoms with van der Waals surface area (Å²) in [6.07, 6.45) is 3.41. The summed E-state index contributed by atoms with van der Waals surface area (Å²) in [6, 6.07) is 6.36. The van der Waals surface area contributed by atoms with E-state index < -0.39 is 11.9 Å². The quantitative estimate of drug-likeness (QED) is 0.487. The van der Waals surface area contributed by atoms with Crippen LogP contribution in [0.25, 0.3) is 0 Å². The molecule has 3 aliphatic heterocycles. The fraction of sp³-hybridized carbons (Fsp3) is 0.400. The number of hydrogen-bond acceptors (Lipinski definition) is 8. The van der Waals surface area contributed by atoms with Gasteiger partial charge in [0.25, 0.3) is 5.91 Å². The molecule has 2 fully saturated rings. The minimum Gasteiger partial charge on any atom is -0.481 e. The number of anilines is 1. The van der Waals surface area contributed by atoms with Crippen LogP contribution >= 0.6 is 0 Å². The lowest BCUT2D eigenvalue weighted by Gasteiger charge is -2.30. The van der Waals surface area contributed by atoms with Gasteiger partial charge in [0.2, 0.25) is 17.6 Å². The van der Waals surface area contributed by atoms with Crippen LogP contribution in [0.1, 0.15) is 47.4 Å². The summed E-state index contributed by atoms with van der Waals surface area (Å²) in [7, 11) is 0. The Morgan fingerprint density at radius 3 is 2.77 bits per heavy atom. The molecular formula is C25H25N5O5. The molecule has 0 spiro atoms. The second-order valence-corrected chi connectivity index (χ2v) is 8.77. The third kappa shape index (κ3) is 4.95. The summed E-state index contributed by atoms with van der Waals surface area (Å²) < 4.78 is 5.74. The molecule has 2 aromatic rings. The fourth-order valence-electron chi connectivity index (χ4n) is 4.56. The number of carbonyl (C=O) groups is 3. The van der Waals surface area contributed by atoms with Gasteiger partial charge in [-0.05, 0) is 55.0 Å². The lowest BCUT2D eigenvalue weighted by molar-refractivity contribution is -0.136. The number of carbonyl (C=O) groups excluding carboxylic acids is 3. The molecule has 2 saturated heterocycles. The molecule has 1 unspecified atom stereocenters. The first-order valence-corrected chi connectivity index (χ1v) is 11.6. The van der Waals surface area contributed by atoms with Crippen LogP contribution in [-0.4, -0.2) is 69.5 Å². The van der Waals surface area contributed by atoms with E-state index in [4.69, 9.17) is 4.74 Å². The highest BCUT2D eigenvalue weighted by atomic mass is 16.5. The second-order valence-electron chi connectivity index (χ2n) is 8.77. The molecule has 0 aliphatic carbocycles. The van der Waals surface area contributed by atoms with Gasteiger partial charge in [-0.1, -0.05) is 5.92 Å². The maximum absolute atomic E-state index is 12.8. The van der Waals surface area contributed by atoms with E-state index in [0.29, 0.717) is 23.6 Å². The minimum absolute atomic E-state index is 0.118. The van der Waals surface area contributed by atoms with Gasteiger partial charge in [0.15, 0.2) is 0 Å². The number of amides is 3. The van der Waals surface area contributed by atoms with Crippen LogP contribution in [0.5, 0.6) is 5.75 Å². The summed E-state index contributed by atoms with van der Waals surface area (Å²) in [5, 5.41) is 12.0. The van der Waals surface area contributed by atoms with Crippen LogP contribution in [0.2, 0.25) is 0 Å². The SMILES string of the molecule is O=C1CCC(N2Cc3cc(OCC#Cc4nccc(N5CCC(O)CC5)n4)ccc3C2=O)C(=O)N1. The van der Waals surface area contributed by atoms with E-state index in [2.05, 4.69) is 32.0 Å². The summed E-state index contributed by atoms with van der Waals surface area (Å²) in [5.74, 6) is 6.63. The van der Waals surface area contributed by atoms with E-state index in [-0.39, 0.29) is 37.5 Å². The van der Waals surface area contributed by atoms with Gasteiger partial charge in [0.05, 0.1) is 6.10 Å². The van der Waals surface area contributed by atoms with Crippen molar-refractivity contribution in [3.8, 4) is 17.6 Å². The van der Waals surface area contributed by atoms with Gasteiger partial charge in [0.1, 0.15) is 24.2 Å². The van der Waals surface area contributed by atoms with E-state index in [1.54, 1.807) is 24.4 Å². The van der Waals surface area contributed by atoms with E-state index in [1.165, 1.54) is 4.90 Å². The van der Waals surface area contributed by atoms with Crippen LogP contribution in [0, 0.1) is 11.8 Å². The minimum atomic E-state index is -0.645. The molecule has 1 aromatic heterocycles. The molecule has 180 valence electrons. The van der Waals surface area contributed by atoms with Crippen molar-refractivity contribution in [2.45, 2.75) is 44.4 Å². The zero-order valence-electron chi connectivity index (χ0n) is 19.1. The molecule has 5 rings (SSSR count). The number of hydrogen-bond donors (Lipinski definition) is 2. The van der Waals surface area contributed by atoms with Gasteiger partial charge < -0.3 is 19.6 Å². The second kappa shape index (κ2) is 9.72. The fourth-order valence-corrected chi connectivity index (χ4v) is 4.56. The number of nitrogens with one attached hydrogen (secondary N) is 1.